The van der Waals surface area contributed by atoms with Gasteiger partial charge in [-0.2, -0.15) is 0 Å². The molecule has 2 atom stereocenters. The van der Waals surface area contributed by atoms with Crippen LogP contribution >= 0.6 is 0 Å². The molecule has 0 aromatic rings. The first kappa shape index (κ1) is 24.4. The van der Waals surface area contributed by atoms with Crippen molar-refractivity contribution in [2.45, 2.75) is 132 Å². The van der Waals surface area contributed by atoms with Gasteiger partial charge in [0.2, 0.25) is 0 Å². The Morgan fingerprint density at radius 1 is 0.667 bits per heavy atom. The van der Waals surface area contributed by atoms with Gasteiger partial charge in [-0.15, -0.1) is 0 Å². The van der Waals surface area contributed by atoms with Gasteiger partial charge in [0.25, 0.3) is 0 Å². The van der Waals surface area contributed by atoms with E-state index in [-0.39, 0.29) is 31.4 Å². The SMILES string of the molecule is NC1CCCCC1(CO)N(NC1(CO)CCCCCC1)C1(CO)CCCCCCC1. The molecule has 3 aliphatic carbocycles. The predicted molar refractivity (Wildman–Crippen MR) is 121 cm³/mol. The maximum Gasteiger partial charge on any atom is 0.0742 e. The molecule has 0 bridgehead atoms. The average molecular weight is 426 g/mol. The zero-order valence-corrected chi connectivity index (χ0v) is 19.1. The number of hydrazine groups is 1. The normalized spacial score (nSPS) is 32.9. The van der Waals surface area contributed by atoms with Gasteiger partial charge >= 0.3 is 0 Å². The molecule has 0 amide bonds. The van der Waals surface area contributed by atoms with Crippen molar-refractivity contribution in [1.82, 2.24) is 10.4 Å². The molecule has 0 aromatic heterocycles. The molecule has 0 spiro atoms. The van der Waals surface area contributed by atoms with Crippen molar-refractivity contribution in [2.24, 2.45) is 5.73 Å². The second kappa shape index (κ2) is 11.1. The topological polar surface area (TPSA) is 102 Å². The fourth-order valence-electron chi connectivity index (χ4n) is 6.46. The summed E-state index contributed by atoms with van der Waals surface area (Å²) >= 11 is 0. The standard InChI is InChI=1S/C24H47N3O3/c25-21-12-6-11-17-24(21,20-30)27(23(19-29)15-9-2-1-3-10-16-23)26-22(18-28)13-7-4-5-8-14-22/h21,26,28-30H,1-20,25H2. The van der Waals surface area contributed by atoms with E-state index < -0.39 is 11.1 Å². The summed E-state index contributed by atoms with van der Waals surface area (Å²) in [5, 5.41) is 34.4. The summed E-state index contributed by atoms with van der Waals surface area (Å²) in [5.41, 5.74) is 9.18. The lowest BCUT2D eigenvalue weighted by Crippen LogP contribution is -2.78. The van der Waals surface area contributed by atoms with E-state index in [0.29, 0.717) is 0 Å². The maximum atomic E-state index is 10.8. The van der Waals surface area contributed by atoms with Crippen LogP contribution in [0.2, 0.25) is 0 Å². The number of hydrogen-bond donors (Lipinski definition) is 5. The molecule has 2 unspecified atom stereocenters. The highest BCUT2D eigenvalue weighted by Gasteiger charge is 2.54. The molecule has 3 aliphatic rings. The highest BCUT2D eigenvalue weighted by molar-refractivity contribution is 5.08. The maximum absolute atomic E-state index is 10.8. The molecule has 6 heteroatoms. The molecule has 3 rings (SSSR count). The van der Waals surface area contributed by atoms with Gasteiger partial charge in [-0.3, -0.25) is 0 Å². The zero-order valence-electron chi connectivity index (χ0n) is 19.1. The fourth-order valence-corrected chi connectivity index (χ4v) is 6.46. The van der Waals surface area contributed by atoms with Crippen LogP contribution < -0.4 is 11.2 Å². The molecular weight excluding hydrogens is 378 g/mol. The van der Waals surface area contributed by atoms with Crippen LogP contribution in [0.3, 0.4) is 0 Å². The Hall–Kier alpha value is -0.240. The summed E-state index contributed by atoms with van der Waals surface area (Å²) in [6.07, 6.45) is 18.0. The highest BCUT2D eigenvalue weighted by atomic mass is 16.3. The monoisotopic (exact) mass is 425 g/mol. The quantitative estimate of drug-likeness (QED) is 0.317. The summed E-state index contributed by atoms with van der Waals surface area (Å²) in [4.78, 5) is 0. The molecule has 6 N–H and O–H groups in total. The minimum absolute atomic E-state index is 0.00950. The van der Waals surface area contributed by atoms with Crippen LogP contribution in [-0.4, -0.2) is 62.8 Å². The first-order valence-electron chi connectivity index (χ1n) is 12.7. The summed E-state index contributed by atoms with van der Waals surface area (Å²) in [6, 6.07) is -0.140. The van der Waals surface area contributed by atoms with E-state index in [4.69, 9.17) is 5.73 Å². The number of aliphatic hydroxyl groups is 3. The van der Waals surface area contributed by atoms with Crippen molar-refractivity contribution >= 4 is 0 Å². The van der Waals surface area contributed by atoms with E-state index in [9.17, 15) is 15.3 Å². The van der Waals surface area contributed by atoms with E-state index in [1.54, 1.807) is 0 Å². The highest BCUT2D eigenvalue weighted by Crippen LogP contribution is 2.42. The average Bonchev–Trinajstić information content (AvgIpc) is 3.00. The molecule has 0 aromatic carbocycles. The Morgan fingerprint density at radius 2 is 1.20 bits per heavy atom. The van der Waals surface area contributed by atoms with Crippen molar-refractivity contribution in [3.63, 3.8) is 0 Å². The summed E-state index contributed by atoms with van der Waals surface area (Å²) in [6.45, 7) is 0.141. The van der Waals surface area contributed by atoms with Crippen LogP contribution in [0.1, 0.15) is 109 Å². The molecule has 176 valence electrons. The van der Waals surface area contributed by atoms with E-state index in [1.165, 1.54) is 32.1 Å². The van der Waals surface area contributed by atoms with Gasteiger partial charge in [-0.05, 0) is 38.5 Å². The molecular formula is C24H47N3O3. The van der Waals surface area contributed by atoms with Gasteiger partial charge in [0.05, 0.1) is 36.4 Å². The molecule has 30 heavy (non-hydrogen) atoms. The predicted octanol–water partition coefficient (Wildman–Crippen LogP) is 2.99. The molecule has 3 fully saturated rings. The number of hydrogen-bond acceptors (Lipinski definition) is 6. The Balaban J connectivity index is 2.02. The van der Waals surface area contributed by atoms with E-state index in [1.807, 2.05) is 0 Å². The number of nitrogens with zero attached hydrogens (tertiary/aromatic N) is 1. The Kier molecular flexibility index (Phi) is 9.00. The number of nitrogens with one attached hydrogen (secondary N) is 1. The van der Waals surface area contributed by atoms with E-state index >= 15 is 0 Å². The third-order valence-corrected chi connectivity index (χ3v) is 8.55. The molecule has 0 radical (unpaired) electrons. The first-order valence-corrected chi connectivity index (χ1v) is 12.7. The lowest BCUT2D eigenvalue weighted by atomic mass is 9.73. The number of nitrogens with two attached hydrogens (primary N) is 1. The molecule has 0 aliphatic heterocycles. The smallest absolute Gasteiger partial charge is 0.0742 e. The van der Waals surface area contributed by atoms with Crippen molar-refractivity contribution in [1.29, 1.82) is 0 Å². The molecule has 0 heterocycles. The van der Waals surface area contributed by atoms with Gasteiger partial charge < -0.3 is 21.1 Å². The third-order valence-electron chi connectivity index (χ3n) is 8.55. The summed E-state index contributed by atoms with van der Waals surface area (Å²) in [7, 11) is 0. The Bertz CT molecular complexity index is 502. The number of rotatable bonds is 7. The second-order valence-electron chi connectivity index (χ2n) is 10.6. The van der Waals surface area contributed by atoms with Gasteiger partial charge in [0.1, 0.15) is 0 Å². The zero-order chi connectivity index (χ0) is 21.5. The van der Waals surface area contributed by atoms with E-state index in [0.717, 1.165) is 77.0 Å². The van der Waals surface area contributed by atoms with Crippen molar-refractivity contribution in [3.05, 3.63) is 0 Å². The third kappa shape index (κ3) is 5.05. The lowest BCUT2D eigenvalue weighted by molar-refractivity contribution is -0.163. The van der Waals surface area contributed by atoms with Crippen LogP contribution in [0.15, 0.2) is 0 Å². The summed E-state index contributed by atoms with van der Waals surface area (Å²) < 4.78 is 0. The van der Waals surface area contributed by atoms with Gasteiger partial charge in [-0.25, -0.2) is 10.4 Å². The Labute approximate surface area is 183 Å². The minimum Gasteiger partial charge on any atom is -0.394 e. The molecule has 3 saturated carbocycles. The molecule has 6 nitrogen and oxygen atoms in total. The van der Waals surface area contributed by atoms with E-state index in [2.05, 4.69) is 10.4 Å². The Morgan fingerprint density at radius 3 is 1.70 bits per heavy atom. The van der Waals surface area contributed by atoms with Gasteiger partial charge in [0.15, 0.2) is 0 Å². The van der Waals surface area contributed by atoms with Crippen LogP contribution in [0.25, 0.3) is 0 Å². The first-order chi connectivity index (χ1) is 14.6. The fraction of sp³-hybridized carbons (Fsp3) is 1.00. The van der Waals surface area contributed by atoms with Crippen LogP contribution in [0.5, 0.6) is 0 Å². The van der Waals surface area contributed by atoms with Crippen LogP contribution in [0.4, 0.5) is 0 Å². The van der Waals surface area contributed by atoms with Crippen LogP contribution in [0, 0.1) is 0 Å². The number of aliphatic hydroxyl groups excluding tert-OH is 3. The minimum atomic E-state index is -0.589. The van der Waals surface area contributed by atoms with Crippen molar-refractivity contribution in [3.8, 4) is 0 Å². The van der Waals surface area contributed by atoms with Crippen molar-refractivity contribution in [2.75, 3.05) is 19.8 Å². The second-order valence-corrected chi connectivity index (χ2v) is 10.6. The largest absolute Gasteiger partial charge is 0.394 e. The van der Waals surface area contributed by atoms with Gasteiger partial charge in [0, 0.05) is 6.04 Å². The molecule has 0 saturated heterocycles. The van der Waals surface area contributed by atoms with Crippen molar-refractivity contribution < 1.29 is 15.3 Å². The lowest BCUT2D eigenvalue weighted by Gasteiger charge is -2.59. The summed E-state index contributed by atoms with van der Waals surface area (Å²) in [5.74, 6) is 0. The van der Waals surface area contributed by atoms with Gasteiger partial charge in [-0.1, -0.05) is 70.6 Å². The van der Waals surface area contributed by atoms with Crippen LogP contribution in [-0.2, 0) is 0 Å².